The van der Waals surface area contributed by atoms with Gasteiger partial charge in [-0.05, 0) is 38.8 Å². The molecular formula is C16H30N4O10. The molecule has 0 radical (unpaired) electrons. The summed E-state index contributed by atoms with van der Waals surface area (Å²) in [4.78, 5) is 47.4. The molecule has 0 saturated carbocycles. The fourth-order valence-corrected chi connectivity index (χ4v) is 2.80. The fraction of sp³-hybridized carbons (Fsp3) is 0.750. The van der Waals surface area contributed by atoms with E-state index in [-0.39, 0.29) is 25.9 Å². The first kappa shape index (κ1) is 28.0. The van der Waals surface area contributed by atoms with E-state index in [0.29, 0.717) is 0 Å². The number of ketones is 2. The van der Waals surface area contributed by atoms with Crippen LogP contribution in [0.25, 0.3) is 0 Å². The van der Waals surface area contributed by atoms with Gasteiger partial charge in [0.25, 0.3) is 0 Å². The highest BCUT2D eigenvalue weighted by Crippen LogP contribution is 2.30. The highest BCUT2D eigenvalue weighted by atomic mass is 16.4. The van der Waals surface area contributed by atoms with Crippen molar-refractivity contribution in [3.63, 3.8) is 0 Å². The lowest BCUT2D eigenvalue weighted by molar-refractivity contribution is -0.199. The summed E-state index contributed by atoms with van der Waals surface area (Å²) >= 11 is 0. The lowest BCUT2D eigenvalue weighted by atomic mass is 9.77. The van der Waals surface area contributed by atoms with E-state index in [0.717, 1.165) is 0 Å². The number of Topliss-reactive ketones (excluding diaryl/α,β-unsaturated/α-hetero) is 2. The highest BCUT2D eigenvalue weighted by molar-refractivity contribution is 6.00. The molecule has 0 saturated heterocycles. The number of hydrogen-bond donors (Lipinski definition) is 10. The molecule has 4 atom stereocenters. The van der Waals surface area contributed by atoms with Gasteiger partial charge in [-0.15, -0.1) is 0 Å². The Morgan fingerprint density at radius 3 is 1.10 bits per heavy atom. The van der Waals surface area contributed by atoms with Gasteiger partial charge in [-0.2, -0.15) is 0 Å². The van der Waals surface area contributed by atoms with Crippen molar-refractivity contribution in [2.75, 3.05) is 13.1 Å². The maximum Gasteiger partial charge on any atom is 0.354 e. The first-order valence-electron chi connectivity index (χ1n) is 8.97. The number of carboxylic acids is 2. The minimum absolute atomic E-state index is 0.0954. The number of nitrogens with two attached hydrogens (primary N) is 4. The van der Waals surface area contributed by atoms with Crippen LogP contribution in [0.15, 0.2) is 0 Å². The zero-order chi connectivity index (χ0) is 24.0. The Kier molecular flexibility index (Phi) is 9.62. The van der Waals surface area contributed by atoms with Crippen LogP contribution in [0.4, 0.5) is 0 Å². The summed E-state index contributed by atoms with van der Waals surface area (Å²) in [6.07, 6.45) is -3.50. The van der Waals surface area contributed by atoms with E-state index in [1.165, 1.54) is 0 Å². The molecule has 14 N–H and O–H groups in total. The molecule has 14 heteroatoms. The van der Waals surface area contributed by atoms with Crippen LogP contribution in [0.5, 0.6) is 0 Å². The molecule has 14 nitrogen and oxygen atoms in total. The Labute approximate surface area is 171 Å². The first-order valence-corrected chi connectivity index (χ1v) is 8.97. The van der Waals surface area contributed by atoms with Crippen molar-refractivity contribution in [2.45, 2.75) is 61.2 Å². The minimum Gasteiger partial charge on any atom is -0.478 e. The predicted molar refractivity (Wildman–Crippen MR) is 99.3 cm³/mol. The third kappa shape index (κ3) is 5.35. The minimum atomic E-state index is -3.42. The number of aliphatic hydroxyl groups is 4. The average molecular weight is 438 g/mol. The van der Waals surface area contributed by atoms with Gasteiger partial charge < -0.3 is 42.1 Å². The summed E-state index contributed by atoms with van der Waals surface area (Å²) in [5, 5.41) is 58.9. The molecule has 0 aliphatic heterocycles. The number of carbonyl (C=O) groups excluding carboxylic acids is 2. The molecule has 0 bridgehead atoms. The van der Waals surface area contributed by atoms with E-state index in [1.54, 1.807) is 0 Å². The van der Waals surface area contributed by atoms with Gasteiger partial charge in [0.2, 0.25) is 11.4 Å². The molecule has 0 heterocycles. The zero-order valence-electron chi connectivity index (χ0n) is 16.3. The molecule has 0 rings (SSSR count). The summed E-state index contributed by atoms with van der Waals surface area (Å²) in [5.41, 5.74) is 8.02. The molecule has 174 valence electrons. The van der Waals surface area contributed by atoms with Crippen LogP contribution in [0, 0.1) is 0 Å². The van der Waals surface area contributed by atoms with Crippen molar-refractivity contribution in [1.82, 2.24) is 0 Å². The number of rotatable bonds is 15. The fourth-order valence-electron chi connectivity index (χ4n) is 2.80. The van der Waals surface area contributed by atoms with Crippen LogP contribution < -0.4 is 22.9 Å². The van der Waals surface area contributed by atoms with Crippen LogP contribution >= 0.6 is 0 Å². The molecule has 0 fully saturated rings. The Morgan fingerprint density at radius 2 is 0.900 bits per heavy atom. The summed E-state index contributed by atoms with van der Waals surface area (Å²) in [5.74, 6) is -7.01. The van der Waals surface area contributed by atoms with E-state index in [2.05, 4.69) is 0 Å². The first-order chi connectivity index (χ1) is 13.6. The number of carbonyl (C=O) groups is 4. The Balaban J connectivity index is 5.77. The van der Waals surface area contributed by atoms with Gasteiger partial charge in [0.15, 0.2) is 22.8 Å². The van der Waals surface area contributed by atoms with Crippen LogP contribution in [0.2, 0.25) is 0 Å². The average Bonchev–Trinajstić information content (AvgIpc) is 2.66. The van der Waals surface area contributed by atoms with Crippen molar-refractivity contribution in [2.24, 2.45) is 22.9 Å². The summed E-state index contributed by atoms with van der Waals surface area (Å²) in [7, 11) is 0. The second kappa shape index (κ2) is 10.3. The lowest BCUT2D eigenvalue weighted by Gasteiger charge is -2.38. The van der Waals surface area contributed by atoms with Crippen LogP contribution in [-0.2, 0) is 19.2 Å². The second-order valence-electron chi connectivity index (χ2n) is 6.99. The van der Waals surface area contributed by atoms with Crippen molar-refractivity contribution in [1.29, 1.82) is 0 Å². The monoisotopic (exact) mass is 438 g/mol. The Morgan fingerprint density at radius 1 is 0.633 bits per heavy atom. The molecule has 0 aromatic heterocycles. The molecule has 0 aliphatic rings. The Bertz CT molecular complexity index is 612. The summed E-state index contributed by atoms with van der Waals surface area (Å²) in [6.45, 7) is -0.191. The maximum absolute atomic E-state index is 12.5. The largest absolute Gasteiger partial charge is 0.478 e. The number of hydrogen-bond acceptors (Lipinski definition) is 12. The topological polar surface area (TPSA) is 294 Å². The van der Waals surface area contributed by atoms with Gasteiger partial charge in [0.05, 0.1) is 0 Å². The molecule has 0 spiro atoms. The van der Waals surface area contributed by atoms with Crippen molar-refractivity contribution < 1.29 is 49.8 Å². The predicted octanol–water partition coefficient (Wildman–Crippen LogP) is -4.69. The van der Waals surface area contributed by atoms with E-state index in [1.807, 2.05) is 0 Å². The molecule has 0 aromatic rings. The third-order valence-electron chi connectivity index (χ3n) is 4.90. The van der Waals surface area contributed by atoms with Crippen LogP contribution in [-0.4, -0.2) is 89.9 Å². The molecule has 0 aromatic carbocycles. The number of carboxylic acid groups (broad SMARTS) is 2. The molecule has 0 amide bonds. The lowest BCUT2D eigenvalue weighted by Crippen LogP contribution is -2.70. The quantitative estimate of drug-likeness (QED) is 0.107. The maximum atomic E-state index is 12.5. The second-order valence-corrected chi connectivity index (χ2v) is 6.99. The van der Waals surface area contributed by atoms with Crippen molar-refractivity contribution in [3.8, 4) is 0 Å². The number of aliphatic carboxylic acids is 2. The third-order valence-corrected chi connectivity index (χ3v) is 4.90. The van der Waals surface area contributed by atoms with Gasteiger partial charge in [-0.1, -0.05) is 0 Å². The van der Waals surface area contributed by atoms with Crippen LogP contribution in [0.3, 0.4) is 0 Å². The summed E-state index contributed by atoms with van der Waals surface area (Å²) in [6, 6.07) is 0. The van der Waals surface area contributed by atoms with E-state index in [4.69, 9.17) is 33.1 Å². The van der Waals surface area contributed by atoms with Gasteiger partial charge >= 0.3 is 11.9 Å². The van der Waals surface area contributed by atoms with E-state index < -0.39 is 71.8 Å². The zero-order valence-corrected chi connectivity index (χ0v) is 16.3. The Hall–Kier alpha value is -2.04. The van der Waals surface area contributed by atoms with E-state index >= 15 is 0 Å². The molecular weight excluding hydrogens is 408 g/mol. The summed E-state index contributed by atoms with van der Waals surface area (Å²) < 4.78 is 0. The van der Waals surface area contributed by atoms with E-state index in [9.17, 15) is 39.6 Å². The highest BCUT2D eigenvalue weighted by Gasteiger charge is 2.59. The smallest absolute Gasteiger partial charge is 0.354 e. The molecule has 0 aliphatic carbocycles. The molecule has 30 heavy (non-hydrogen) atoms. The van der Waals surface area contributed by atoms with Gasteiger partial charge in [-0.25, -0.2) is 9.59 Å². The van der Waals surface area contributed by atoms with Gasteiger partial charge in [0.1, 0.15) is 0 Å². The molecule has 4 unspecified atom stereocenters. The standard InChI is InChI=1S/C16H30N4O10/c17-7-1-5-13(27,15(19,29)11(23)24)9(21)3-4-10(22)14(28,6-2-8-18)16(20,30)12(25)26/h27-30H,1-8,17-20H2,(H,23,24)(H,25,26). The van der Waals surface area contributed by atoms with Crippen LogP contribution in [0.1, 0.15) is 38.5 Å². The van der Waals surface area contributed by atoms with Crippen molar-refractivity contribution in [3.05, 3.63) is 0 Å². The van der Waals surface area contributed by atoms with Gasteiger partial charge in [-0.3, -0.25) is 21.1 Å². The normalized spacial score (nSPS) is 19.6. The van der Waals surface area contributed by atoms with Crippen molar-refractivity contribution >= 4 is 23.5 Å². The SMILES string of the molecule is NCCCC(O)(C(=O)CCC(=O)C(O)(CCCN)C(N)(O)C(=O)O)C(N)(O)C(=O)O. The van der Waals surface area contributed by atoms with Gasteiger partial charge in [0, 0.05) is 12.8 Å².